The second-order valence-electron chi connectivity index (χ2n) is 3.97. The predicted octanol–water partition coefficient (Wildman–Crippen LogP) is 3.34. The Morgan fingerprint density at radius 3 is 2.79 bits per heavy atom. The lowest BCUT2D eigenvalue weighted by molar-refractivity contribution is 0.305. The lowest BCUT2D eigenvalue weighted by Gasteiger charge is -2.09. The van der Waals surface area contributed by atoms with Gasteiger partial charge in [-0.05, 0) is 30.3 Å². The first-order valence-electron chi connectivity index (χ1n) is 5.57. The molecule has 0 atom stereocenters. The molecule has 0 spiro atoms. The van der Waals surface area contributed by atoms with E-state index in [0.29, 0.717) is 21.9 Å². The Labute approximate surface area is 115 Å². The Balaban J connectivity index is 2.12. The number of rotatable bonds is 4. The van der Waals surface area contributed by atoms with Crippen molar-refractivity contribution in [2.24, 2.45) is 5.73 Å². The molecule has 0 radical (unpaired) electrons. The molecule has 2 aromatic rings. The summed E-state index contributed by atoms with van der Waals surface area (Å²) in [6, 6.07) is 10.9. The van der Waals surface area contributed by atoms with Crippen LogP contribution in [0.4, 0.5) is 4.39 Å². The largest absolute Gasteiger partial charge is 0.489 e. The molecule has 0 unspecified atom stereocenters. The molecule has 2 aromatic carbocycles. The number of benzene rings is 2. The van der Waals surface area contributed by atoms with Crippen LogP contribution in [0.15, 0.2) is 42.5 Å². The first-order chi connectivity index (χ1) is 9.06. The quantitative estimate of drug-likeness (QED) is 0.666. The van der Waals surface area contributed by atoms with E-state index in [0.717, 1.165) is 0 Å². The summed E-state index contributed by atoms with van der Waals surface area (Å²) in [5, 5.41) is 7.79. The fraction of sp³-hybridized carbons (Fsp3) is 0.0714. The van der Waals surface area contributed by atoms with Crippen molar-refractivity contribution in [2.45, 2.75) is 6.61 Å². The van der Waals surface area contributed by atoms with Gasteiger partial charge in [0.25, 0.3) is 0 Å². The van der Waals surface area contributed by atoms with E-state index >= 15 is 0 Å². The highest BCUT2D eigenvalue weighted by Crippen LogP contribution is 2.20. The van der Waals surface area contributed by atoms with E-state index in [4.69, 9.17) is 27.5 Å². The van der Waals surface area contributed by atoms with Crippen LogP contribution >= 0.6 is 11.6 Å². The van der Waals surface area contributed by atoms with Crippen LogP contribution in [0.1, 0.15) is 11.1 Å². The van der Waals surface area contributed by atoms with Crippen molar-refractivity contribution >= 4 is 17.4 Å². The van der Waals surface area contributed by atoms with E-state index in [9.17, 15) is 4.39 Å². The normalized spacial score (nSPS) is 10.2. The van der Waals surface area contributed by atoms with Crippen molar-refractivity contribution in [3.63, 3.8) is 0 Å². The Morgan fingerprint density at radius 1 is 1.26 bits per heavy atom. The zero-order valence-corrected chi connectivity index (χ0v) is 10.7. The van der Waals surface area contributed by atoms with Crippen molar-refractivity contribution in [3.05, 3.63) is 64.4 Å². The number of hydrogen-bond acceptors (Lipinski definition) is 2. The van der Waals surface area contributed by atoms with Crippen molar-refractivity contribution < 1.29 is 9.13 Å². The van der Waals surface area contributed by atoms with Gasteiger partial charge in [-0.1, -0.05) is 23.7 Å². The van der Waals surface area contributed by atoms with Crippen LogP contribution in [0.5, 0.6) is 5.75 Å². The Bertz CT molecular complexity index is 616. The van der Waals surface area contributed by atoms with Gasteiger partial charge >= 0.3 is 0 Å². The van der Waals surface area contributed by atoms with Gasteiger partial charge in [-0.2, -0.15) is 0 Å². The summed E-state index contributed by atoms with van der Waals surface area (Å²) >= 11 is 5.94. The average Bonchev–Trinajstić information content (AvgIpc) is 2.40. The fourth-order valence-corrected chi connectivity index (χ4v) is 1.74. The number of nitrogens with two attached hydrogens (primary N) is 1. The highest BCUT2D eigenvalue weighted by Gasteiger charge is 2.04. The number of nitrogen functional groups attached to an aromatic ring is 1. The predicted molar refractivity (Wildman–Crippen MR) is 73.2 cm³/mol. The van der Waals surface area contributed by atoms with E-state index in [2.05, 4.69) is 0 Å². The van der Waals surface area contributed by atoms with Gasteiger partial charge < -0.3 is 10.5 Å². The third-order valence-electron chi connectivity index (χ3n) is 2.55. The molecule has 19 heavy (non-hydrogen) atoms. The van der Waals surface area contributed by atoms with E-state index in [1.807, 2.05) is 0 Å². The molecule has 0 saturated heterocycles. The first kappa shape index (κ1) is 13.4. The maximum atomic E-state index is 13.1. The second-order valence-corrected chi connectivity index (χ2v) is 4.37. The van der Waals surface area contributed by atoms with Crippen molar-refractivity contribution in [3.8, 4) is 5.75 Å². The van der Waals surface area contributed by atoms with Gasteiger partial charge in [0, 0.05) is 16.1 Å². The van der Waals surface area contributed by atoms with Crippen LogP contribution in [0, 0.1) is 11.2 Å². The third kappa shape index (κ3) is 3.45. The molecule has 0 aliphatic carbocycles. The molecular formula is C14H12ClFN2O. The number of amidine groups is 1. The lowest BCUT2D eigenvalue weighted by Crippen LogP contribution is -2.10. The minimum Gasteiger partial charge on any atom is -0.489 e. The molecule has 0 aliphatic heterocycles. The molecular weight excluding hydrogens is 267 g/mol. The monoisotopic (exact) mass is 278 g/mol. The number of hydrogen-bond donors (Lipinski definition) is 2. The summed E-state index contributed by atoms with van der Waals surface area (Å²) in [5.74, 6) is 0.155. The summed E-state index contributed by atoms with van der Waals surface area (Å²) in [6.07, 6.45) is 0. The van der Waals surface area contributed by atoms with Gasteiger partial charge in [0.2, 0.25) is 0 Å². The van der Waals surface area contributed by atoms with Gasteiger partial charge in [-0.3, -0.25) is 5.41 Å². The average molecular weight is 279 g/mol. The molecule has 0 aromatic heterocycles. The van der Waals surface area contributed by atoms with Gasteiger partial charge in [0.1, 0.15) is 24.0 Å². The smallest absolute Gasteiger partial charge is 0.123 e. The second kappa shape index (κ2) is 5.71. The highest BCUT2D eigenvalue weighted by molar-refractivity contribution is 6.31. The first-order valence-corrected chi connectivity index (χ1v) is 5.95. The Morgan fingerprint density at radius 2 is 2.05 bits per heavy atom. The van der Waals surface area contributed by atoms with E-state index < -0.39 is 0 Å². The van der Waals surface area contributed by atoms with Gasteiger partial charge in [0.15, 0.2) is 0 Å². The summed E-state index contributed by atoms with van der Waals surface area (Å²) in [5.41, 5.74) is 6.53. The maximum Gasteiger partial charge on any atom is 0.123 e. The minimum atomic E-state index is -0.361. The Hall–Kier alpha value is -2.07. The lowest BCUT2D eigenvalue weighted by atomic mass is 10.2. The molecule has 98 valence electrons. The topological polar surface area (TPSA) is 59.1 Å². The molecule has 3 N–H and O–H groups in total. The maximum absolute atomic E-state index is 13.1. The van der Waals surface area contributed by atoms with E-state index in [1.165, 1.54) is 18.2 Å². The molecule has 3 nitrogen and oxygen atoms in total. The minimum absolute atomic E-state index is 0.0331. The van der Waals surface area contributed by atoms with Crippen LogP contribution in [0.2, 0.25) is 5.02 Å². The van der Waals surface area contributed by atoms with E-state index in [1.54, 1.807) is 24.3 Å². The third-order valence-corrected chi connectivity index (χ3v) is 2.92. The summed E-state index contributed by atoms with van der Waals surface area (Å²) < 4.78 is 18.6. The fourth-order valence-electron chi connectivity index (χ4n) is 1.57. The Kier molecular flexibility index (Phi) is 4.02. The molecule has 0 saturated carbocycles. The van der Waals surface area contributed by atoms with Crippen LogP contribution in [-0.4, -0.2) is 5.84 Å². The van der Waals surface area contributed by atoms with Gasteiger partial charge in [-0.15, -0.1) is 0 Å². The zero-order valence-electron chi connectivity index (χ0n) is 9.99. The molecule has 2 rings (SSSR count). The molecule has 0 heterocycles. The van der Waals surface area contributed by atoms with Crippen molar-refractivity contribution in [2.75, 3.05) is 0 Å². The molecule has 0 amide bonds. The van der Waals surface area contributed by atoms with Gasteiger partial charge in [-0.25, -0.2) is 4.39 Å². The van der Waals surface area contributed by atoms with E-state index in [-0.39, 0.29) is 18.3 Å². The number of nitrogens with one attached hydrogen (secondary N) is 1. The number of halogens is 2. The summed E-state index contributed by atoms with van der Waals surface area (Å²) in [6.45, 7) is 0.151. The molecule has 0 fully saturated rings. The molecule has 0 bridgehead atoms. The molecule has 5 heteroatoms. The van der Waals surface area contributed by atoms with Crippen LogP contribution in [-0.2, 0) is 6.61 Å². The van der Waals surface area contributed by atoms with Crippen molar-refractivity contribution in [1.82, 2.24) is 0 Å². The highest BCUT2D eigenvalue weighted by atomic mass is 35.5. The van der Waals surface area contributed by atoms with Crippen LogP contribution < -0.4 is 10.5 Å². The van der Waals surface area contributed by atoms with Crippen LogP contribution in [0.3, 0.4) is 0 Å². The standard InChI is InChI=1S/C14H12ClFN2O/c15-13-5-4-11(16)6-10(13)8-19-12-3-1-2-9(7-12)14(17)18/h1-7H,8H2,(H3,17,18). The van der Waals surface area contributed by atoms with Crippen LogP contribution in [0.25, 0.3) is 0 Å². The summed E-state index contributed by atoms with van der Waals surface area (Å²) in [7, 11) is 0. The summed E-state index contributed by atoms with van der Waals surface area (Å²) in [4.78, 5) is 0. The number of ether oxygens (including phenoxy) is 1. The molecule has 0 aliphatic rings. The van der Waals surface area contributed by atoms with Gasteiger partial charge in [0.05, 0.1) is 0 Å². The SMILES string of the molecule is N=C(N)c1cccc(OCc2cc(F)ccc2Cl)c1. The zero-order chi connectivity index (χ0) is 13.8. The van der Waals surface area contributed by atoms with Crippen molar-refractivity contribution in [1.29, 1.82) is 5.41 Å².